The summed E-state index contributed by atoms with van der Waals surface area (Å²) in [6, 6.07) is 10.3. The summed E-state index contributed by atoms with van der Waals surface area (Å²) < 4.78 is 19.9. The minimum absolute atomic E-state index is 0.0208. The Morgan fingerprint density at radius 1 is 1.21 bits per heavy atom. The molecule has 0 spiro atoms. The van der Waals surface area contributed by atoms with Crippen molar-refractivity contribution in [2.24, 2.45) is 5.73 Å². The Bertz CT molecular complexity index is 983. The SMILES string of the molecule is CCC(C)NC(=O)c1cc(F)c(C)c(-c2ccc(-c3nnc(CN)o3)cc2)c1. The van der Waals surface area contributed by atoms with Gasteiger partial charge in [-0.2, -0.15) is 0 Å². The van der Waals surface area contributed by atoms with Gasteiger partial charge in [-0.05, 0) is 61.2 Å². The van der Waals surface area contributed by atoms with E-state index in [1.165, 1.54) is 6.07 Å². The number of nitrogens with one attached hydrogen (secondary N) is 1. The summed E-state index contributed by atoms with van der Waals surface area (Å²) >= 11 is 0. The van der Waals surface area contributed by atoms with E-state index in [1.807, 2.05) is 38.1 Å². The van der Waals surface area contributed by atoms with Crippen LogP contribution < -0.4 is 11.1 Å². The lowest BCUT2D eigenvalue weighted by Crippen LogP contribution is -2.32. The van der Waals surface area contributed by atoms with Crippen LogP contribution in [0.15, 0.2) is 40.8 Å². The van der Waals surface area contributed by atoms with Crippen LogP contribution in [0.5, 0.6) is 0 Å². The van der Waals surface area contributed by atoms with Gasteiger partial charge in [-0.1, -0.05) is 19.1 Å². The normalized spacial score (nSPS) is 12.0. The zero-order valence-corrected chi connectivity index (χ0v) is 16.1. The molecule has 1 amide bonds. The average Bonchev–Trinajstić information content (AvgIpc) is 3.19. The third-order valence-electron chi connectivity index (χ3n) is 4.68. The minimum Gasteiger partial charge on any atom is -0.419 e. The van der Waals surface area contributed by atoms with Crippen molar-refractivity contribution >= 4 is 5.91 Å². The number of nitrogens with zero attached hydrogens (tertiary/aromatic N) is 2. The molecule has 28 heavy (non-hydrogen) atoms. The van der Waals surface area contributed by atoms with Gasteiger partial charge in [-0.25, -0.2) is 4.39 Å². The molecule has 0 saturated carbocycles. The van der Waals surface area contributed by atoms with E-state index >= 15 is 0 Å². The smallest absolute Gasteiger partial charge is 0.251 e. The van der Waals surface area contributed by atoms with E-state index in [-0.39, 0.29) is 18.5 Å². The number of benzene rings is 2. The van der Waals surface area contributed by atoms with Gasteiger partial charge in [0.1, 0.15) is 5.82 Å². The summed E-state index contributed by atoms with van der Waals surface area (Å²) in [5.41, 5.74) is 8.45. The molecule has 1 unspecified atom stereocenters. The lowest BCUT2D eigenvalue weighted by Gasteiger charge is -2.14. The van der Waals surface area contributed by atoms with E-state index in [0.717, 1.165) is 17.5 Å². The maximum Gasteiger partial charge on any atom is 0.251 e. The second kappa shape index (κ2) is 8.31. The Balaban J connectivity index is 1.93. The van der Waals surface area contributed by atoms with Crippen LogP contribution in [-0.4, -0.2) is 22.1 Å². The Morgan fingerprint density at radius 3 is 2.50 bits per heavy atom. The van der Waals surface area contributed by atoms with Gasteiger partial charge in [-0.15, -0.1) is 10.2 Å². The number of carbonyl (C=O) groups excluding carboxylic acids is 1. The highest BCUT2D eigenvalue weighted by molar-refractivity contribution is 5.96. The summed E-state index contributed by atoms with van der Waals surface area (Å²) in [6.45, 7) is 5.76. The number of nitrogens with two attached hydrogens (primary N) is 1. The van der Waals surface area contributed by atoms with E-state index in [4.69, 9.17) is 10.2 Å². The topological polar surface area (TPSA) is 94.0 Å². The van der Waals surface area contributed by atoms with Gasteiger partial charge < -0.3 is 15.5 Å². The number of aromatic nitrogens is 2. The van der Waals surface area contributed by atoms with E-state index < -0.39 is 5.82 Å². The summed E-state index contributed by atoms with van der Waals surface area (Å²) in [5.74, 6) is 0.0280. The monoisotopic (exact) mass is 382 g/mol. The maximum atomic E-state index is 14.5. The molecule has 3 aromatic rings. The first-order valence-corrected chi connectivity index (χ1v) is 9.17. The lowest BCUT2D eigenvalue weighted by atomic mass is 9.96. The predicted octanol–water partition coefficient (Wildman–Crippen LogP) is 3.84. The number of rotatable bonds is 6. The van der Waals surface area contributed by atoms with Gasteiger partial charge in [0.25, 0.3) is 5.91 Å². The number of hydrogen-bond donors (Lipinski definition) is 2. The fourth-order valence-electron chi connectivity index (χ4n) is 2.76. The van der Waals surface area contributed by atoms with Crippen LogP contribution in [0.4, 0.5) is 4.39 Å². The van der Waals surface area contributed by atoms with Crippen LogP contribution in [0.25, 0.3) is 22.6 Å². The third kappa shape index (κ3) is 4.09. The molecule has 0 aliphatic heterocycles. The highest BCUT2D eigenvalue weighted by Crippen LogP contribution is 2.29. The van der Waals surface area contributed by atoms with Crippen molar-refractivity contribution in [1.82, 2.24) is 15.5 Å². The summed E-state index contributed by atoms with van der Waals surface area (Å²) in [4.78, 5) is 12.4. The Hall–Kier alpha value is -3.06. The Morgan fingerprint density at radius 2 is 1.89 bits per heavy atom. The van der Waals surface area contributed by atoms with Gasteiger partial charge in [0.15, 0.2) is 0 Å². The summed E-state index contributed by atoms with van der Waals surface area (Å²) in [6.07, 6.45) is 0.802. The van der Waals surface area contributed by atoms with E-state index in [1.54, 1.807) is 13.0 Å². The molecule has 3 N–H and O–H groups in total. The summed E-state index contributed by atoms with van der Waals surface area (Å²) in [5, 5.41) is 10.7. The van der Waals surface area contributed by atoms with Crippen molar-refractivity contribution in [2.45, 2.75) is 39.8 Å². The molecule has 0 saturated heterocycles. The first kappa shape index (κ1) is 19.7. The molecule has 7 heteroatoms. The van der Waals surface area contributed by atoms with E-state index in [2.05, 4.69) is 15.5 Å². The molecule has 3 rings (SSSR count). The van der Waals surface area contributed by atoms with E-state index in [9.17, 15) is 9.18 Å². The van der Waals surface area contributed by atoms with Crippen molar-refractivity contribution in [1.29, 1.82) is 0 Å². The fraction of sp³-hybridized carbons (Fsp3) is 0.286. The standard InChI is InChI=1S/C21H23FN4O2/c1-4-12(2)24-20(27)16-9-17(13(3)18(22)10-16)14-5-7-15(8-6-14)21-26-25-19(11-23)28-21/h5-10,12H,4,11,23H2,1-3H3,(H,24,27). The van der Waals surface area contributed by atoms with Crippen molar-refractivity contribution in [3.8, 4) is 22.6 Å². The van der Waals surface area contributed by atoms with Gasteiger partial charge in [0.05, 0.1) is 6.54 Å². The average molecular weight is 382 g/mol. The van der Waals surface area contributed by atoms with Gasteiger partial charge in [0, 0.05) is 17.2 Å². The molecule has 6 nitrogen and oxygen atoms in total. The maximum absolute atomic E-state index is 14.5. The van der Waals surface area contributed by atoms with Crippen LogP contribution in [0.2, 0.25) is 0 Å². The van der Waals surface area contributed by atoms with Crippen molar-refractivity contribution in [2.75, 3.05) is 0 Å². The molecule has 1 aromatic heterocycles. The molecule has 146 valence electrons. The molecule has 0 fully saturated rings. The first-order valence-electron chi connectivity index (χ1n) is 9.17. The molecule has 0 bridgehead atoms. The molecule has 0 aliphatic rings. The fourth-order valence-corrected chi connectivity index (χ4v) is 2.76. The van der Waals surface area contributed by atoms with Crippen LogP contribution in [0.1, 0.15) is 42.1 Å². The number of halogens is 1. The predicted molar refractivity (Wildman–Crippen MR) is 105 cm³/mol. The van der Waals surface area contributed by atoms with Crippen molar-refractivity contribution in [3.05, 3.63) is 59.2 Å². The Kier molecular flexibility index (Phi) is 5.84. The quantitative estimate of drug-likeness (QED) is 0.675. The molecule has 1 heterocycles. The van der Waals surface area contributed by atoms with Crippen molar-refractivity contribution < 1.29 is 13.6 Å². The highest BCUT2D eigenvalue weighted by atomic mass is 19.1. The van der Waals surface area contributed by atoms with Gasteiger partial charge in [0.2, 0.25) is 11.8 Å². The van der Waals surface area contributed by atoms with Crippen LogP contribution >= 0.6 is 0 Å². The van der Waals surface area contributed by atoms with Crippen LogP contribution in [-0.2, 0) is 6.54 Å². The first-order chi connectivity index (χ1) is 13.4. The van der Waals surface area contributed by atoms with Crippen LogP contribution in [0.3, 0.4) is 0 Å². The molecular formula is C21H23FN4O2. The largest absolute Gasteiger partial charge is 0.419 e. The Labute approximate surface area is 163 Å². The minimum atomic E-state index is -0.416. The lowest BCUT2D eigenvalue weighted by molar-refractivity contribution is 0.0939. The number of hydrogen-bond acceptors (Lipinski definition) is 5. The second-order valence-corrected chi connectivity index (χ2v) is 6.70. The number of amides is 1. The van der Waals surface area contributed by atoms with Crippen LogP contribution in [0, 0.1) is 12.7 Å². The third-order valence-corrected chi connectivity index (χ3v) is 4.68. The molecular weight excluding hydrogens is 359 g/mol. The molecule has 0 radical (unpaired) electrons. The molecule has 1 atom stereocenters. The van der Waals surface area contributed by atoms with Crippen molar-refractivity contribution in [3.63, 3.8) is 0 Å². The highest BCUT2D eigenvalue weighted by Gasteiger charge is 2.15. The zero-order chi connectivity index (χ0) is 20.3. The van der Waals surface area contributed by atoms with Gasteiger partial charge in [-0.3, -0.25) is 4.79 Å². The number of carbonyl (C=O) groups is 1. The molecule has 2 aromatic carbocycles. The second-order valence-electron chi connectivity index (χ2n) is 6.70. The molecule has 0 aliphatic carbocycles. The van der Waals surface area contributed by atoms with E-state index in [0.29, 0.717) is 28.5 Å². The summed E-state index contributed by atoms with van der Waals surface area (Å²) in [7, 11) is 0. The zero-order valence-electron chi connectivity index (χ0n) is 16.1. The van der Waals surface area contributed by atoms with Gasteiger partial charge >= 0.3 is 0 Å².